The zero-order chi connectivity index (χ0) is 16.2. The number of hydrogen-bond acceptors (Lipinski definition) is 3. The molecule has 0 fully saturated rings. The number of rotatable bonds is 5. The molecule has 23 heavy (non-hydrogen) atoms. The summed E-state index contributed by atoms with van der Waals surface area (Å²) in [5, 5.41) is 5.59. The molecule has 0 saturated carbocycles. The van der Waals surface area contributed by atoms with Crippen LogP contribution in [0.5, 0.6) is 5.75 Å². The van der Waals surface area contributed by atoms with Gasteiger partial charge in [-0.15, -0.1) is 0 Å². The van der Waals surface area contributed by atoms with E-state index in [1.54, 1.807) is 22.9 Å². The molecule has 2 amide bonds. The minimum Gasteiger partial charge on any atom is -0.494 e. The maximum atomic E-state index is 12.3. The van der Waals surface area contributed by atoms with Gasteiger partial charge in [0.15, 0.2) is 0 Å². The van der Waals surface area contributed by atoms with E-state index < -0.39 is 6.04 Å². The molecule has 120 valence electrons. The van der Waals surface area contributed by atoms with Crippen LogP contribution in [-0.2, 0) is 17.9 Å². The van der Waals surface area contributed by atoms with Crippen molar-refractivity contribution in [3.8, 4) is 5.75 Å². The standard InChI is InChI=1S/C17H19N3O3/c1-2-23-13-6-3-5-12(9-13)10-18-16(21)14-11-20-8-4-7-15(20)17(22)19-14/h3-9,14H,2,10-11H2,1H3,(H,18,21)(H,19,22). The molecular weight excluding hydrogens is 294 g/mol. The van der Waals surface area contributed by atoms with E-state index in [0.717, 1.165) is 11.3 Å². The number of fused-ring (bicyclic) bond motifs is 1. The van der Waals surface area contributed by atoms with Gasteiger partial charge in [-0.2, -0.15) is 0 Å². The first-order valence-electron chi connectivity index (χ1n) is 7.63. The third-order valence-corrected chi connectivity index (χ3v) is 3.74. The van der Waals surface area contributed by atoms with Gasteiger partial charge in [0, 0.05) is 12.7 Å². The molecule has 3 rings (SSSR count). The van der Waals surface area contributed by atoms with Crippen LogP contribution in [0.4, 0.5) is 0 Å². The molecule has 0 radical (unpaired) electrons. The van der Waals surface area contributed by atoms with Crippen molar-refractivity contribution in [2.24, 2.45) is 0 Å². The van der Waals surface area contributed by atoms with Gasteiger partial charge in [0.25, 0.3) is 5.91 Å². The highest BCUT2D eigenvalue weighted by molar-refractivity contribution is 5.97. The molecule has 6 nitrogen and oxygen atoms in total. The highest BCUT2D eigenvalue weighted by atomic mass is 16.5. The van der Waals surface area contributed by atoms with E-state index in [-0.39, 0.29) is 11.8 Å². The van der Waals surface area contributed by atoms with Gasteiger partial charge in [-0.05, 0) is 36.8 Å². The van der Waals surface area contributed by atoms with E-state index in [1.165, 1.54) is 0 Å². The summed E-state index contributed by atoms with van der Waals surface area (Å²) in [7, 11) is 0. The number of nitrogens with zero attached hydrogens (tertiary/aromatic N) is 1. The van der Waals surface area contributed by atoms with Crippen molar-refractivity contribution in [1.82, 2.24) is 15.2 Å². The van der Waals surface area contributed by atoms with Gasteiger partial charge in [-0.3, -0.25) is 9.59 Å². The van der Waals surface area contributed by atoms with Crippen LogP contribution in [0.3, 0.4) is 0 Å². The number of nitrogens with one attached hydrogen (secondary N) is 2. The molecule has 2 heterocycles. The number of aromatic nitrogens is 1. The molecule has 6 heteroatoms. The van der Waals surface area contributed by atoms with Gasteiger partial charge in [0.05, 0.1) is 13.2 Å². The van der Waals surface area contributed by atoms with Crippen LogP contribution in [-0.4, -0.2) is 29.0 Å². The second kappa shape index (κ2) is 6.56. The Hall–Kier alpha value is -2.76. The molecule has 1 aliphatic rings. The van der Waals surface area contributed by atoms with Gasteiger partial charge in [0.1, 0.15) is 17.5 Å². The Kier molecular flexibility index (Phi) is 4.32. The summed E-state index contributed by atoms with van der Waals surface area (Å²) in [5.41, 5.74) is 1.53. The van der Waals surface area contributed by atoms with Gasteiger partial charge >= 0.3 is 0 Å². The first-order valence-corrected chi connectivity index (χ1v) is 7.63. The zero-order valence-corrected chi connectivity index (χ0v) is 12.9. The Balaban J connectivity index is 1.60. The number of benzene rings is 1. The SMILES string of the molecule is CCOc1cccc(CNC(=O)C2Cn3cccc3C(=O)N2)c1. The second-order valence-corrected chi connectivity index (χ2v) is 5.37. The average Bonchev–Trinajstić information content (AvgIpc) is 3.02. The van der Waals surface area contributed by atoms with Crippen molar-refractivity contribution < 1.29 is 14.3 Å². The van der Waals surface area contributed by atoms with Gasteiger partial charge in [0.2, 0.25) is 5.91 Å². The van der Waals surface area contributed by atoms with E-state index in [4.69, 9.17) is 4.74 Å². The summed E-state index contributed by atoms with van der Waals surface area (Å²) < 4.78 is 7.23. The fourth-order valence-corrected chi connectivity index (χ4v) is 2.63. The summed E-state index contributed by atoms with van der Waals surface area (Å²) >= 11 is 0. The summed E-state index contributed by atoms with van der Waals surface area (Å²) in [6, 6.07) is 10.6. The highest BCUT2D eigenvalue weighted by Crippen LogP contribution is 2.13. The quantitative estimate of drug-likeness (QED) is 0.874. The maximum Gasteiger partial charge on any atom is 0.268 e. The fraction of sp³-hybridized carbons (Fsp3) is 0.294. The predicted molar refractivity (Wildman–Crippen MR) is 85.1 cm³/mol. The largest absolute Gasteiger partial charge is 0.494 e. The summed E-state index contributed by atoms with van der Waals surface area (Å²) in [6.45, 7) is 3.36. The summed E-state index contributed by atoms with van der Waals surface area (Å²) in [6.07, 6.45) is 1.81. The number of hydrogen-bond donors (Lipinski definition) is 2. The lowest BCUT2D eigenvalue weighted by atomic mass is 10.1. The molecule has 1 aliphatic heterocycles. The normalized spacial score (nSPS) is 16.4. The van der Waals surface area contributed by atoms with Crippen molar-refractivity contribution >= 4 is 11.8 Å². The molecule has 1 aromatic heterocycles. The first kappa shape index (κ1) is 15.1. The second-order valence-electron chi connectivity index (χ2n) is 5.37. The highest BCUT2D eigenvalue weighted by Gasteiger charge is 2.28. The number of carbonyl (C=O) groups is 2. The monoisotopic (exact) mass is 313 g/mol. The van der Waals surface area contributed by atoms with E-state index in [2.05, 4.69) is 10.6 Å². The number of carbonyl (C=O) groups excluding carboxylic acids is 2. The van der Waals surface area contributed by atoms with Crippen LogP contribution in [0, 0.1) is 0 Å². The van der Waals surface area contributed by atoms with Gasteiger partial charge in [-0.1, -0.05) is 12.1 Å². The smallest absolute Gasteiger partial charge is 0.268 e. The van der Waals surface area contributed by atoms with Crippen molar-refractivity contribution in [2.45, 2.75) is 26.1 Å². The number of amides is 2. The molecule has 1 atom stereocenters. The van der Waals surface area contributed by atoms with E-state index in [0.29, 0.717) is 25.4 Å². The Bertz CT molecular complexity index is 723. The lowest BCUT2D eigenvalue weighted by Crippen LogP contribution is -2.52. The minimum absolute atomic E-state index is 0.195. The molecule has 1 aromatic carbocycles. The lowest BCUT2D eigenvalue weighted by molar-refractivity contribution is -0.123. The lowest BCUT2D eigenvalue weighted by Gasteiger charge is -2.24. The molecular formula is C17H19N3O3. The number of ether oxygens (including phenoxy) is 1. The van der Waals surface area contributed by atoms with Gasteiger partial charge < -0.3 is 19.9 Å². The minimum atomic E-state index is -0.558. The van der Waals surface area contributed by atoms with Crippen LogP contribution in [0.15, 0.2) is 42.6 Å². The Morgan fingerprint density at radius 2 is 2.26 bits per heavy atom. The Labute approximate surface area is 134 Å². The predicted octanol–water partition coefficient (Wildman–Crippen LogP) is 1.32. The van der Waals surface area contributed by atoms with Crippen LogP contribution in [0.2, 0.25) is 0 Å². The van der Waals surface area contributed by atoms with E-state index in [9.17, 15) is 9.59 Å². The maximum absolute atomic E-state index is 12.3. The molecule has 0 saturated heterocycles. The fourth-order valence-electron chi connectivity index (χ4n) is 2.63. The third kappa shape index (κ3) is 3.36. The van der Waals surface area contributed by atoms with Crippen LogP contribution in [0.25, 0.3) is 0 Å². The first-order chi connectivity index (χ1) is 11.2. The molecule has 0 bridgehead atoms. The molecule has 0 spiro atoms. The topological polar surface area (TPSA) is 72.4 Å². The molecule has 2 aromatic rings. The van der Waals surface area contributed by atoms with Crippen molar-refractivity contribution in [2.75, 3.05) is 6.61 Å². The van der Waals surface area contributed by atoms with Gasteiger partial charge in [-0.25, -0.2) is 0 Å². The third-order valence-electron chi connectivity index (χ3n) is 3.74. The van der Waals surface area contributed by atoms with Crippen LogP contribution < -0.4 is 15.4 Å². The Morgan fingerprint density at radius 3 is 3.09 bits per heavy atom. The van der Waals surface area contributed by atoms with E-state index >= 15 is 0 Å². The molecule has 1 unspecified atom stereocenters. The average molecular weight is 313 g/mol. The zero-order valence-electron chi connectivity index (χ0n) is 12.9. The molecule has 2 N–H and O–H groups in total. The van der Waals surface area contributed by atoms with Crippen LogP contribution >= 0.6 is 0 Å². The summed E-state index contributed by atoms with van der Waals surface area (Å²) in [5.74, 6) is 0.362. The molecule has 0 aliphatic carbocycles. The van der Waals surface area contributed by atoms with Crippen LogP contribution in [0.1, 0.15) is 23.0 Å². The van der Waals surface area contributed by atoms with Crippen molar-refractivity contribution in [1.29, 1.82) is 0 Å². The van der Waals surface area contributed by atoms with E-state index in [1.807, 2.05) is 31.2 Å². The summed E-state index contributed by atoms with van der Waals surface area (Å²) in [4.78, 5) is 24.2. The van der Waals surface area contributed by atoms with Crippen molar-refractivity contribution in [3.05, 3.63) is 53.9 Å². The Morgan fingerprint density at radius 1 is 1.39 bits per heavy atom. The van der Waals surface area contributed by atoms with Crippen molar-refractivity contribution in [3.63, 3.8) is 0 Å².